The number of rotatable bonds is 5. The van der Waals surface area contributed by atoms with Crippen LogP contribution in [0.25, 0.3) is 0 Å². The predicted molar refractivity (Wildman–Crippen MR) is 74.7 cm³/mol. The number of aliphatic hydroxyl groups is 1. The summed E-state index contributed by atoms with van der Waals surface area (Å²) in [6, 6.07) is 0. The largest absolute Gasteiger partial charge is 0.462 e. The van der Waals surface area contributed by atoms with E-state index in [0.29, 0.717) is 29.7 Å². The van der Waals surface area contributed by atoms with E-state index in [0.717, 1.165) is 25.9 Å². The molecule has 1 saturated heterocycles. The molecule has 1 aliphatic rings. The highest BCUT2D eigenvalue weighted by molar-refractivity contribution is 5.90. The van der Waals surface area contributed by atoms with Gasteiger partial charge >= 0.3 is 5.97 Å². The van der Waals surface area contributed by atoms with Crippen LogP contribution in [0.1, 0.15) is 35.8 Å². The van der Waals surface area contributed by atoms with Crippen molar-refractivity contribution in [3.63, 3.8) is 0 Å². The van der Waals surface area contributed by atoms with Crippen molar-refractivity contribution in [1.82, 2.24) is 9.97 Å². The summed E-state index contributed by atoms with van der Waals surface area (Å²) in [4.78, 5) is 22.5. The Bertz CT molecular complexity index is 479. The molecule has 0 radical (unpaired) electrons. The second-order valence-corrected chi connectivity index (χ2v) is 5.00. The van der Waals surface area contributed by atoms with Gasteiger partial charge in [0.25, 0.3) is 0 Å². The zero-order valence-corrected chi connectivity index (χ0v) is 12.0. The maximum absolute atomic E-state index is 11.7. The van der Waals surface area contributed by atoms with E-state index >= 15 is 0 Å². The summed E-state index contributed by atoms with van der Waals surface area (Å²) in [5.41, 5.74) is 1.06. The summed E-state index contributed by atoms with van der Waals surface area (Å²) in [5.74, 6) is 0.765. The van der Waals surface area contributed by atoms with Gasteiger partial charge in [0.15, 0.2) is 0 Å². The number of carbonyl (C=O) groups is 1. The van der Waals surface area contributed by atoms with Crippen molar-refractivity contribution in [2.24, 2.45) is 5.92 Å². The number of hydrogen-bond donors (Lipinski definition) is 1. The number of esters is 1. The van der Waals surface area contributed by atoms with E-state index in [1.54, 1.807) is 13.8 Å². The number of hydrogen-bond acceptors (Lipinski definition) is 6. The van der Waals surface area contributed by atoms with Crippen molar-refractivity contribution >= 4 is 11.9 Å². The molecule has 1 unspecified atom stereocenters. The zero-order chi connectivity index (χ0) is 14.5. The maximum atomic E-state index is 11.7. The molecule has 20 heavy (non-hydrogen) atoms. The number of aromatic nitrogens is 2. The van der Waals surface area contributed by atoms with Gasteiger partial charge in [-0.3, -0.25) is 0 Å². The number of nitrogens with zero attached hydrogens (tertiary/aromatic N) is 3. The van der Waals surface area contributed by atoms with E-state index in [2.05, 4.69) is 14.9 Å². The molecule has 1 aliphatic heterocycles. The lowest BCUT2D eigenvalue weighted by Crippen LogP contribution is -2.23. The SMILES string of the molecule is CCOC(=O)c1cnc(N2CCC(CCO)C2)nc1C. The van der Waals surface area contributed by atoms with Crippen LogP contribution in [0.4, 0.5) is 5.95 Å². The first kappa shape index (κ1) is 14.7. The van der Waals surface area contributed by atoms with Crippen molar-refractivity contribution in [2.75, 3.05) is 31.2 Å². The second-order valence-electron chi connectivity index (χ2n) is 5.00. The topological polar surface area (TPSA) is 75.5 Å². The summed E-state index contributed by atoms with van der Waals surface area (Å²) in [7, 11) is 0. The van der Waals surface area contributed by atoms with E-state index in [1.165, 1.54) is 6.20 Å². The van der Waals surface area contributed by atoms with Crippen LogP contribution in [0.2, 0.25) is 0 Å². The molecule has 1 atom stereocenters. The first-order chi connectivity index (χ1) is 9.65. The lowest BCUT2D eigenvalue weighted by atomic mass is 10.1. The molecule has 0 spiro atoms. The summed E-state index contributed by atoms with van der Waals surface area (Å²) in [5, 5.41) is 8.97. The standard InChI is InChI=1S/C14H21N3O3/c1-3-20-13(19)12-8-15-14(16-10(12)2)17-6-4-11(9-17)5-7-18/h8,11,18H,3-7,9H2,1-2H3. The highest BCUT2D eigenvalue weighted by Crippen LogP contribution is 2.23. The van der Waals surface area contributed by atoms with Gasteiger partial charge in [-0.2, -0.15) is 0 Å². The first-order valence-corrected chi connectivity index (χ1v) is 7.02. The normalized spacial score (nSPS) is 18.4. The third kappa shape index (κ3) is 3.25. The van der Waals surface area contributed by atoms with Crippen molar-refractivity contribution < 1.29 is 14.6 Å². The van der Waals surface area contributed by atoms with Gasteiger partial charge in [0, 0.05) is 25.9 Å². The minimum Gasteiger partial charge on any atom is -0.462 e. The first-order valence-electron chi connectivity index (χ1n) is 7.02. The van der Waals surface area contributed by atoms with Gasteiger partial charge in [0.05, 0.1) is 17.9 Å². The van der Waals surface area contributed by atoms with Crippen molar-refractivity contribution in [3.8, 4) is 0 Å². The minimum atomic E-state index is -0.379. The molecular formula is C14H21N3O3. The van der Waals surface area contributed by atoms with Gasteiger partial charge in [-0.25, -0.2) is 14.8 Å². The summed E-state index contributed by atoms with van der Waals surface area (Å²) in [6.07, 6.45) is 3.40. The highest BCUT2D eigenvalue weighted by Gasteiger charge is 2.24. The highest BCUT2D eigenvalue weighted by atomic mass is 16.5. The Balaban J connectivity index is 2.08. The van der Waals surface area contributed by atoms with E-state index in [1.807, 2.05) is 0 Å². The van der Waals surface area contributed by atoms with Crippen LogP contribution in [0.5, 0.6) is 0 Å². The third-order valence-electron chi connectivity index (χ3n) is 3.57. The summed E-state index contributed by atoms with van der Waals surface area (Å²) >= 11 is 0. The second kappa shape index (κ2) is 6.65. The molecule has 110 valence electrons. The Morgan fingerprint density at radius 2 is 2.40 bits per heavy atom. The number of ether oxygens (including phenoxy) is 1. The maximum Gasteiger partial charge on any atom is 0.341 e. The van der Waals surface area contributed by atoms with Crippen molar-refractivity contribution in [2.45, 2.75) is 26.7 Å². The van der Waals surface area contributed by atoms with Gasteiger partial charge in [-0.1, -0.05) is 0 Å². The van der Waals surface area contributed by atoms with Crippen molar-refractivity contribution in [3.05, 3.63) is 17.5 Å². The van der Waals surface area contributed by atoms with Gasteiger partial charge in [0.2, 0.25) is 5.95 Å². The fraction of sp³-hybridized carbons (Fsp3) is 0.643. The molecule has 1 fully saturated rings. The van der Waals surface area contributed by atoms with E-state index < -0.39 is 0 Å². The molecule has 1 aromatic heterocycles. The van der Waals surface area contributed by atoms with Crippen LogP contribution in [0, 0.1) is 12.8 Å². The average Bonchev–Trinajstić information content (AvgIpc) is 2.88. The molecule has 0 amide bonds. The number of aryl methyl sites for hydroxylation is 1. The van der Waals surface area contributed by atoms with Gasteiger partial charge in [0.1, 0.15) is 0 Å². The Kier molecular flexibility index (Phi) is 4.89. The Labute approximate surface area is 118 Å². The van der Waals surface area contributed by atoms with Crippen LogP contribution in [-0.4, -0.2) is 47.3 Å². The van der Waals surface area contributed by atoms with Gasteiger partial charge < -0.3 is 14.7 Å². The lowest BCUT2D eigenvalue weighted by Gasteiger charge is -2.17. The molecule has 2 heterocycles. The van der Waals surface area contributed by atoms with Crippen LogP contribution in [0.15, 0.2) is 6.20 Å². The Hall–Kier alpha value is -1.69. The monoisotopic (exact) mass is 279 g/mol. The van der Waals surface area contributed by atoms with E-state index in [-0.39, 0.29) is 12.6 Å². The zero-order valence-electron chi connectivity index (χ0n) is 12.0. The quantitative estimate of drug-likeness (QED) is 0.815. The molecule has 0 aromatic carbocycles. The summed E-state index contributed by atoms with van der Waals surface area (Å²) in [6.45, 7) is 5.88. The lowest BCUT2D eigenvalue weighted by molar-refractivity contribution is 0.0524. The predicted octanol–water partition coefficient (Wildman–Crippen LogP) is 1.17. The molecule has 6 heteroatoms. The van der Waals surface area contributed by atoms with Gasteiger partial charge in [-0.15, -0.1) is 0 Å². The van der Waals surface area contributed by atoms with Crippen LogP contribution >= 0.6 is 0 Å². The van der Waals surface area contributed by atoms with Crippen molar-refractivity contribution in [1.29, 1.82) is 0 Å². The van der Waals surface area contributed by atoms with Crippen LogP contribution in [-0.2, 0) is 4.74 Å². The van der Waals surface area contributed by atoms with Crippen LogP contribution in [0.3, 0.4) is 0 Å². The molecule has 6 nitrogen and oxygen atoms in total. The number of carbonyl (C=O) groups excluding carboxylic acids is 1. The molecular weight excluding hydrogens is 258 g/mol. The fourth-order valence-electron chi connectivity index (χ4n) is 2.45. The molecule has 0 saturated carbocycles. The smallest absolute Gasteiger partial charge is 0.341 e. The molecule has 0 bridgehead atoms. The van der Waals surface area contributed by atoms with E-state index in [9.17, 15) is 4.79 Å². The molecule has 0 aliphatic carbocycles. The number of aliphatic hydroxyl groups excluding tert-OH is 1. The Morgan fingerprint density at radius 1 is 1.60 bits per heavy atom. The summed E-state index contributed by atoms with van der Waals surface area (Å²) < 4.78 is 4.96. The third-order valence-corrected chi connectivity index (χ3v) is 3.57. The molecule has 1 N–H and O–H groups in total. The minimum absolute atomic E-state index is 0.222. The van der Waals surface area contributed by atoms with E-state index in [4.69, 9.17) is 9.84 Å². The molecule has 1 aromatic rings. The fourth-order valence-corrected chi connectivity index (χ4v) is 2.45. The Morgan fingerprint density at radius 3 is 3.05 bits per heavy atom. The van der Waals surface area contributed by atoms with Crippen LogP contribution < -0.4 is 4.90 Å². The number of anilines is 1. The average molecular weight is 279 g/mol. The molecule has 2 rings (SSSR count). The van der Waals surface area contributed by atoms with Gasteiger partial charge in [-0.05, 0) is 32.6 Å².